The van der Waals surface area contributed by atoms with Crippen LogP contribution >= 0.6 is 0 Å². The third kappa shape index (κ3) is 2.45. The maximum absolute atomic E-state index is 11.4. The van der Waals surface area contributed by atoms with Gasteiger partial charge in [-0.25, -0.2) is 13.2 Å². The van der Waals surface area contributed by atoms with Gasteiger partial charge in [0.05, 0.1) is 11.5 Å². The van der Waals surface area contributed by atoms with E-state index in [1.807, 2.05) is 23.1 Å². The lowest BCUT2D eigenvalue weighted by Gasteiger charge is -2.29. The number of anilines is 1. The van der Waals surface area contributed by atoms with Crippen molar-refractivity contribution in [1.29, 1.82) is 0 Å². The molecule has 1 amide bonds. The summed E-state index contributed by atoms with van der Waals surface area (Å²) in [6, 6.07) is 5.87. The summed E-state index contributed by atoms with van der Waals surface area (Å²) in [6.07, 6.45) is -0.910. The van der Waals surface area contributed by atoms with Gasteiger partial charge in [0.2, 0.25) is 0 Å². The highest BCUT2D eigenvalue weighted by Gasteiger charge is 2.25. The largest absolute Gasteiger partial charge is 0.465 e. The lowest BCUT2D eigenvalue weighted by atomic mass is 10.1. The molecule has 3 rings (SSSR count). The molecule has 2 aliphatic rings. The van der Waals surface area contributed by atoms with E-state index in [-0.39, 0.29) is 11.5 Å². The van der Waals surface area contributed by atoms with Gasteiger partial charge in [-0.15, -0.1) is 0 Å². The van der Waals surface area contributed by atoms with E-state index in [2.05, 4.69) is 0 Å². The molecule has 1 aromatic carbocycles. The maximum Gasteiger partial charge on any atom is 0.407 e. The first-order chi connectivity index (χ1) is 9.44. The van der Waals surface area contributed by atoms with Crippen LogP contribution in [0.3, 0.4) is 0 Å². The Morgan fingerprint density at radius 3 is 2.40 bits per heavy atom. The molecule has 0 saturated carbocycles. The molecule has 1 saturated heterocycles. The minimum absolute atomic E-state index is 0.186. The summed E-state index contributed by atoms with van der Waals surface area (Å²) in [5, 5.41) is 9.01. The van der Waals surface area contributed by atoms with Crippen LogP contribution in [0.2, 0.25) is 0 Å². The highest BCUT2D eigenvalue weighted by molar-refractivity contribution is 7.91. The lowest BCUT2D eigenvalue weighted by molar-refractivity contribution is 0.145. The van der Waals surface area contributed by atoms with Crippen LogP contribution in [0.5, 0.6) is 0 Å². The summed E-state index contributed by atoms with van der Waals surface area (Å²) in [7, 11) is -2.88. The smallest absolute Gasteiger partial charge is 0.407 e. The molecule has 2 aliphatic heterocycles. The predicted octanol–water partition coefficient (Wildman–Crippen LogP) is 0.915. The zero-order chi connectivity index (χ0) is 14.3. The molecular formula is C13H16N2O4S. The number of amides is 1. The van der Waals surface area contributed by atoms with E-state index in [0.29, 0.717) is 26.2 Å². The Morgan fingerprint density at radius 1 is 1.10 bits per heavy atom. The van der Waals surface area contributed by atoms with Gasteiger partial charge >= 0.3 is 6.09 Å². The van der Waals surface area contributed by atoms with Gasteiger partial charge in [0.15, 0.2) is 9.84 Å². The first-order valence-corrected chi connectivity index (χ1v) is 8.32. The van der Waals surface area contributed by atoms with Gasteiger partial charge in [-0.05, 0) is 23.3 Å². The van der Waals surface area contributed by atoms with Crippen molar-refractivity contribution in [2.75, 3.05) is 29.5 Å². The van der Waals surface area contributed by atoms with Gasteiger partial charge in [-0.3, -0.25) is 4.90 Å². The average molecular weight is 296 g/mol. The second kappa shape index (κ2) is 4.66. The lowest BCUT2D eigenvalue weighted by Crippen LogP contribution is -2.40. The molecule has 0 atom stereocenters. The van der Waals surface area contributed by atoms with Gasteiger partial charge in [-0.1, -0.05) is 6.07 Å². The molecule has 7 heteroatoms. The van der Waals surface area contributed by atoms with Crippen LogP contribution in [0.4, 0.5) is 10.5 Å². The van der Waals surface area contributed by atoms with Gasteiger partial charge < -0.3 is 10.0 Å². The Labute approximate surface area is 117 Å². The molecule has 108 valence electrons. The number of hydrogen-bond acceptors (Lipinski definition) is 4. The zero-order valence-corrected chi connectivity index (χ0v) is 11.8. The molecule has 0 bridgehead atoms. The molecule has 6 nitrogen and oxygen atoms in total. The summed E-state index contributed by atoms with van der Waals surface area (Å²) >= 11 is 0. The number of carbonyl (C=O) groups is 1. The number of rotatable bonds is 1. The minimum Gasteiger partial charge on any atom is -0.465 e. The molecule has 1 fully saturated rings. The van der Waals surface area contributed by atoms with E-state index in [9.17, 15) is 13.2 Å². The Kier molecular flexibility index (Phi) is 3.08. The number of benzene rings is 1. The van der Waals surface area contributed by atoms with Gasteiger partial charge in [0.1, 0.15) is 0 Å². The van der Waals surface area contributed by atoms with Crippen LogP contribution < -0.4 is 4.90 Å². The maximum atomic E-state index is 11.4. The molecule has 0 aliphatic carbocycles. The van der Waals surface area contributed by atoms with Crippen LogP contribution in [0, 0.1) is 0 Å². The summed E-state index contributed by atoms with van der Waals surface area (Å²) in [6.45, 7) is 1.84. The van der Waals surface area contributed by atoms with Crippen molar-refractivity contribution in [2.45, 2.75) is 13.1 Å². The predicted molar refractivity (Wildman–Crippen MR) is 74.6 cm³/mol. The molecule has 20 heavy (non-hydrogen) atoms. The first kappa shape index (κ1) is 13.2. The number of sulfone groups is 1. The molecule has 0 aromatic heterocycles. The average Bonchev–Trinajstić information content (AvgIpc) is 2.81. The first-order valence-electron chi connectivity index (χ1n) is 6.50. The summed E-state index contributed by atoms with van der Waals surface area (Å²) in [4.78, 5) is 14.4. The fraction of sp³-hybridized carbons (Fsp3) is 0.462. The molecule has 0 spiro atoms. The number of hydrogen-bond donors (Lipinski definition) is 1. The van der Waals surface area contributed by atoms with Crippen LogP contribution in [-0.4, -0.2) is 49.1 Å². The molecule has 0 unspecified atom stereocenters. The van der Waals surface area contributed by atoms with Crippen molar-refractivity contribution in [2.24, 2.45) is 0 Å². The zero-order valence-electron chi connectivity index (χ0n) is 10.9. The Morgan fingerprint density at radius 2 is 1.75 bits per heavy atom. The van der Waals surface area contributed by atoms with Gasteiger partial charge in [0, 0.05) is 31.9 Å². The third-order valence-corrected chi connectivity index (χ3v) is 5.50. The van der Waals surface area contributed by atoms with Crippen molar-refractivity contribution in [3.05, 3.63) is 29.3 Å². The van der Waals surface area contributed by atoms with E-state index in [0.717, 1.165) is 16.8 Å². The van der Waals surface area contributed by atoms with Crippen molar-refractivity contribution in [3.8, 4) is 0 Å². The standard InChI is InChI=1S/C13H16N2O4S/c16-13(17)15-8-10-1-2-12(7-11(10)9-15)14-3-5-20(18,19)6-4-14/h1-2,7H,3-6,8-9H2,(H,16,17). The van der Waals surface area contributed by atoms with Crippen LogP contribution in [0.15, 0.2) is 18.2 Å². The van der Waals surface area contributed by atoms with Gasteiger partial charge in [0.25, 0.3) is 0 Å². The second-order valence-corrected chi connectivity index (χ2v) is 7.53. The molecule has 1 aromatic rings. The Hall–Kier alpha value is -1.76. The minimum atomic E-state index is -2.88. The van der Waals surface area contributed by atoms with Crippen LogP contribution in [0.25, 0.3) is 0 Å². The second-order valence-electron chi connectivity index (χ2n) is 5.23. The highest BCUT2D eigenvalue weighted by Crippen LogP contribution is 2.28. The molecule has 1 N–H and O–H groups in total. The number of carboxylic acid groups (broad SMARTS) is 1. The Balaban J connectivity index is 1.78. The highest BCUT2D eigenvalue weighted by atomic mass is 32.2. The number of nitrogens with zero attached hydrogens (tertiary/aromatic N) is 2. The van der Waals surface area contributed by atoms with E-state index in [4.69, 9.17) is 5.11 Å². The van der Waals surface area contributed by atoms with E-state index in [1.165, 1.54) is 4.90 Å². The fourth-order valence-corrected chi connectivity index (χ4v) is 3.88. The van der Waals surface area contributed by atoms with Crippen LogP contribution in [-0.2, 0) is 22.9 Å². The van der Waals surface area contributed by atoms with E-state index >= 15 is 0 Å². The van der Waals surface area contributed by atoms with Crippen LogP contribution in [0.1, 0.15) is 11.1 Å². The summed E-state index contributed by atoms with van der Waals surface area (Å²) in [5.41, 5.74) is 3.02. The fourth-order valence-electron chi connectivity index (χ4n) is 2.68. The van der Waals surface area contributed by atoms with E-state index < -0.39 is 15.9 Å². The van der Waals surface area contributed by atoms with Gasteiger partial charge in [-0.2, -0.15) is 0 Å². The molecule has 2 heterocycles. The quantitative estimate of drug-likeness (QED) is 0.833. The third-order valence-electron chi connectivity index (χ3n) is 3.89. The van der Waals surface area contributed by atoms with Crippen molar-refractivity contribution in [3.63, 3.8) is 0 Å². The molecular weight excluding hydrogens is 280 g/mol. The van der Waals surface area contributed by atoms with E-state index in [1.54, 1.807) is 0 Å². The van der Waals surface area contributed by atoms with Crippen molar-refractivity contribution in [1.82, 2.24) is 4.90 Å². The van der Waals surface area contributed by atoms with Crippen molar-refractivity contribution < 1.29 is 18.3 Å². The summed E-state index contributed by atoms with van der Waals surface area (Å²) < 4.78 is 22.9. The summed E-state index contributed by atoms with van der Waals surface area (Å²) in [5.74, 6) is 0.372. The molecule has 0 radical (unpaired) electrons. The Bertz CT molecular complexity index is 642. The topological polar surface area (TPSA) is 77.9 Å². The monoisotopic (exact) mass is 296 g/mol. The normalized spacial score (nSPS) is 20.8. The SMILES string of the molecule is O=C(O)N1Cc2ccc(N3CCS(=O)(=O)CC3)cc2C1. The van der Waals surface area contributed by atoms with Crippen molar-refractivity contribution >= 4 is 21.6 Å². The number of fused-ring (bicyclic) bond motifs is 1.